The summed E-state index contributed by atoms with van der Waals surface area (Å²) in [7, 11) is 0. The molecule has 0 unspecified atom stereocenters. The average molecular weight is 412 g/mol. The number of alkyl halides is 1. The first-order valence-electron chi connectivity index (χ1n) is 7.78. The molecule has 2 aromatic carbocycles. The van der Waals surface area contributed by atoms with Crippen LogP contribution in [0.2, 0.25) is 10.0 Å². The van der Waals surface area contributed by atoms with Crippen molar-refractivity contribution in [2.45, 2.75) is 12.8 Å². The number of allylic oxidation sites excluding steroid dienone is 1. The zero-order chi connectivity index (χ0) is 18.7. The van der Waals surface area contributed by atoms with Gasteiger partial charge in [0.1, 0.15) is 11.5 Å². The molecule has 3 rings (SSSR count). The van der Waals surface area contributed by atoms with Gasteiger partial charge < -0.3 is 9.47 Å². The molecule has 0 amide bonds. The zero-order valence-corrected chi connectivity index (χ0v) is 15.7. The molecule has 0 fully saturated rings. The highest BCUT2D eigenvalue weighted by atomic mass is 35.5. The minimum Gasteiger partial charge on any atom is -0.452 e. The topological polar surface area (TPSA) is 52.6 Å². The monoisotopic (exact) mass is 410 g/mol. The van der Waals surface area contributed by atoms with E-state index in [0.717, 1.165) is 0 Å². The van der Waals surface area contributed by atoms with Gasteiger partial charge in [0.15, 0.2) is 5.76 Å². The lowest BCUT2D eigenvalue weighted by molar-refractivity contribution is -0.134. The van der Waals surface area contributed by atoms with Crippen molar-refractivity contribution in [3.8, 4) is 11.5 Å². The summed E-state index contributed by atoms with van der Waals surface area (Å²) in [6.45, 7) is 0. The molecule has 0 atom stereocenters. The van der Waals surface area contributed by atoms with E-state index < -0.39 is 5.97 Å². The summed E-state index contributed by atoms with van der Waals surface area (Å²) in [5, 5.41) is 0.817. The maximum Gasteiger partial charge on any atom is 0.311 e. The lowest BCUT2D eigenvalue weighted by atomic mass is 10.1. The van der Waals surface area contributed by atoms with Crippen LogP contribution in [0.1, 0.15) is 28.8 Å². The largest absolute Gasteiger partial charge is 0.452 e. The Hall–Kier alpha value is -2.01. The van der Waals surface area contributed by atoms with E-state index in [1.54, 1.807) is 30.3 Å². The maximum atomic E-state index is 12.5. The molecule has 1 aliphatic heterocycles. The van der Waals surface area contributed by atoms with E-state index >= 15 is 0 Å². The van der Waals surface area contributed by atoms with Crippen LogP contribution < -0.4 is 9.47 Å². The van der Waals surface area contributed by atoms with Crippen molar-refractivity contribution in [3.05, 3.63) is 63.3 Å². The second kappa shape index (κ2) is 8.12. The number of ketones is 1. The molecule has 0 aromatic heterocycles. The van der Waals surface area contributed by atoms with Gasteiger partial charge in [-0.1, -0.05) is 29.3 Å². The first kappa shape index (κ1) is 18.8. The molecular weight excluding hydrogens is 399 g/mol. The molecule has 1 aliphatic rings. The number of Topliss-reactive ketones (excluding diaryl/α,β-unsaturated/α-hetero) is 1. The summed E-state index contributed by atoms with van der Waals surface area (Å²) in [6.07, 6.45) is 2.25. The smallest absolute Gasteiger partial charge is 0.311 e. The number of halogens is 3. The minimum atomic E-state index is -0.395. The molecule has 2 aromatic rings. The Labute approximate surface area is 165 Å². The predicted octanol–water partition coefficient (Wildman–Crippen LogP) is 5.53. The highest BCUT2D eigenvalue weighted by Crippen LogP contribution is 2.36. The van der Waals surface area contributed by atoms with E-state index in [0.29, 0.717) is 45.0 Å². The number of fused-ring (bicyclic) bond motifs is 1. The molecule has 0 radical (unpaired) electrons. The number of benzene rings is 2. The van der Waals surface area contributed by atoms with E-state index in [2.05, 4.69) is 0 Å². The first-order chi connectivity index (χ1) is 12.5. The molecule has 0 bridgehead atoms. The van der Waals surface area contributed by atoms with Gasteiger partial charge in [0.05, 0.1) is 5.56 Å². The van der Waals surface area contributed by atoms with Gasteiger partial charge in [-0.15, -0.1) is 11.6 Å². The van der Waals surface area contributed by atoms with Crippen molar-refractivity contribution in [2.75, 3.05) is 5.88 Å². The number of carbonyl (C=O) groups is 2. The first-order valence-corrected chi connectivity index (χ1v) is 9.07. The van der Waals surface area contributed by atoms with Gasteiger partial charge in [-0.3, -0.25) is 9.59 Å². The van der Waals surface area contributed by atoms with Crippen LogP contribution in [0.3, 0.4) is 0 Å². The molecule has 0 aliphatic carbocycles. The Bertz CT molecular complexity index is 885. The van der Waals surface area contributed by atoms with E-state index in [1.807, 2.05) is 0 Å². The Morgan fingerprint density at radius 3 is 2.58 bits per heavy atom. The van der Waals surface area contributed by atoms with Gasteiger partial charge in [0.25, 0.3) is 0 Å². The molecule has 26 heavy (non-hydrogen) atoms. The SMILES string of the molecule is O=C(CCCCl)Oc1ccc2c(c1)OC(=Cc1c(Cl)cccc1Cl)C2=O. The predicted molar refractivity (Wildman–Crippen MR) is 101 cm³/mol. The third-order valence-corrected chi connectivity index (χ3v) is 4.59. The molecule has 134 valence electrons. The molecule has 0 saturated carbocycles. The van der Waals surface area contributed by atoms with E-state index in [4.69, 9.17) is 44.3 Å². The van der Waals surface area contributed by atoms with Gasteiger partial charge in [-0.05, 0) is 36.8 Å². The fourth-order valence-corrected chi connectivity index (χ4v) is 3.04. The van der Waals surface area contributed by atoms with Crippen molar-refractivity contribution in [3.63, 3.8) is 0 Å². The van der Waals surface area contributed by atoms with Crippen LogP contribution >= 0.6 is 34.8 Å². The standard InChI is InChI=1S/C19H13Cl3O4/c20-8-2-5-18(23)25-11-6-7-12-16(9-11)26-17(19(12)24)10-13-14(21)3-1-4-15(13)22/h1,3-4,6-7,9-10H,2,5,8H2. The van der Waals surface area contributed by atoms with Gasteiger partial charge in [-0.2, -0.15) is 0 Å². The third-order valence-electron chi connectivity index (χ3n) is 3.66. The fraction of sp³-hybridized carbons (Fsp3) is 0.158. The van der Waals surface area contributed by atoms with Crippen molar-refractivity contribution in [2.24, 2.45) is 0 Å². The van der Waals surface area contributed by atoms with E-state index in [9.17, 15) is 9.59 Å². The highest BCUT2D eigenvalue weighted by Gasteiger charge is 2.28. The number of rotatable bonds is 5. The molecule has 0 spiro atoms. The van der Waals surface area contributed by atoms with Crippen LogP contribution in [0.5, 0.6) is 11.5 Å². The maximum absolute atomic E-state index is 12.5. The normalized spacial score (nSPS) is 14.3. The van der Waals surface area contributed by atoms with Gasteiger partial charge in [0.2, 0.25) is 5.78 Å². The molecule has 0 saturated heterocycles. The summed E-state index contributed by atoms with van der Waals surface area (Å²) in [6, 6.07) is 9.65. The minimum absolute atomic E-state index is 0.0978. The zero-order valence-electron chi connectivity index (χ0n) is 13.4. The molecule has 1 heterocycles. The summed E-state index contributed by atoms with van der Waals surface area (Å²) < 4.78 is 10.8. The summed E-state index contributed by atoms with van der Waals surface area (Å²) in [4.78, 5) is 24.2. The Balaban J connectivity index is 1.83. The second-order valence-corrected chi connectivity index (χ2v) is 6.69. The van der Waals surface area contributed by atoms with E-state index in [1.165, 1.54) is 12.1 Å². The fourth-order valence-electron chi connectivity index (χ4n) is 2.40. The number of hydrogen-bond donors (Lipinski definition) is 0. The van der Waals surface area contributed by atoms with Gasteiger partial charge >= 0.3 is 5.97 Å². The molecule has 7 heteroatoms. The Morgan fingerprint density at radius 2 is 1.88 bits per heavy atom. The number of carbonyl (C=O) groups excluding carboxylic acids is 2. The van der Waals surface area contributed by atoms with Crippen LogP contribution in [0.15, 0.2) is 42.2 Å². The highest BCUT2D eigenvalue weighted by molar-refractivity contribution is 6.37. The number of esters is 1. The molecule has 0 N–H and O–H groups in total. The average Bonchev–Trinajstić information content (AvgIpc) is 2.92. The summed E-state index contributed by atoms with van der Waals surface area (Å²) >= 11 is 17.8. The Morgan fingerprint density at radius 1 is 1.15 bits per heavy atom. The van der Waals surface area contributed by atoms with E-state index in [-0.39, 0.29) is 18.0 Å². The van der Waals surface area contributed by atoms with Crippen molar-refractivity contribution in [1.82, 2.24) is 0 Å². The quantitative estimate of drug-likeness (QED) is 0.281. The van der Waals surface area contributed by atoms with Crippen molar-refractivity contribution < 1.29 is 19.1 Å². The van der Waals surface area contributed by atoms with Crippen LogP contribution in [0, 0.1) is 0 Å². The van der Waals surface area contributed by atoms with Crippen molar-refractivity contribution >= 4 is 52.6 Å². The molecular formula is C19H13Cl3O4. The lowest BCUT2D eigenvalue weighted by Gasteiger charge is -2.05. The summed E-state index contributed by atoms with van der Waals surface area (Å²) in [5.74, 6) is 0.403. The van der Waals surface area contributed by atoms with Crippen LogP contribution in [-0.2, 0) is 4.79 Å². The summed E-state index contributed by atoms with van der Waals surface area (Å²) in [5.41, 5.74) is 0.875. The second-order valence-electron chi connectivity index (χ2n) is 5.50. The van der Waals surface area contributed by atoms with Crippen LogP contribution in [0.4, 0.5) is 0 Å². The van der Waals surface area contributed by atoms with Crippen molar-refractivity contribution in [1.29, 1.82) is 0 Å². The van der Waals surface area contributed by atoms with Crippen LogP contribution in [0.25, 0.3) is 6.08 Å². The Kier molecular flexibility index (Phi) is 5.87. The van der Waals surface area contributed by atoms with Gasteiger partial charge in [-0.25, -0.2) is 0 Å². The molecule has 4 nitrogen and oxygen atoms in total. The number of ether oxygens (including phenoxy) is 2. The third kappa shape index (κ3) is 4.04. The number of hydrogen-bond acceptors (Lipinski definition) is 4. The van der Waals surface area contributed by atoms with Gasteiger partial charge in [0, 0.05) is 34.0 Å². The van der Waals surface area contributed by atoms with Crippen LogP contribution in [-0.4, -0.2) is 17.6 Å². The lowest BCUT2D eigenvalue weighted by Crippen LogP contribution is -2.07.